The molecule has 39 heavy (non-hydrogen) atoms. The number of Topliss-reactive ketones (excluding diaryl/α,β-unsaturated/α-hetero) is 1. The SMILES string of the molecule is CC12C=CC(=O)C=C1[C@@H](F)CC1(N)C2C(O)CC2(C)C1C[C@H]1CN(CCCc3ccccc3)O[C@]12C(=O)CO. The van der Waals surface area contributed by atoms with Gasteiger partial charge in [-0.25, -0.2) is 4.39 Å². The minimum Gasteiger partial charge on any atom is -0.393 e. The number of ketones is 2. The molecule has 7 nitrogen and oxygen atoms in total. The fraction of sp³-hybridized carbons (Fsp3) is 0.613. The van der Waals surface area contributed by atoms with Crippen LogP contribution in [-0.4, -0.2) is 70.0 Å². The molecule has 4 fully saturated rings. The highest BCUT2D eigenvalue weighted by molar-refractivity contribution is 6.01. The number of aliphatic hydroxyl groups is 2. The standard InChI is InChI=1S/C31H39FN2O5/c1-28-11-10-21(36)14-22(28)23(32)15-30(33)25-13-20-17-34(12-6-9-19-7-4-3-5-8-19)39-31(20,26(38)18-35)29(25,2)16-24(37)27(28)30/h3-5,7-8,10-11,14,20,23-25,27,35,37H,6,9,12-13,15-18,33H2,1-2H3/t20-,23-,24?,25?,27?,28?,29?,30?,31-/m0/s1. The van der Waals surface area contributed by atoms with E-state index in [0.717, 1.165) is 12.8 Å². The van der Waals surface area contributed by atoms with Crippen LogP contribution in [0.25, 0.3) is 0 Å². The molecule has 6 unspecified atom stereocenters. The van der Waals surface area contributed by atoms with Crippen molar-refractivity contribution < 1.29 is 29.0 Å². The van der Waals surface area contributed by atoms with Gasteiger partial charge in [-0.05, 0) is 54.9 Å². The number of nitrogens with zero attached hydrogens (tertiary/aromatic N) is 1. The number of rotatable bonds is 6. The number of aryl methyl sites for hydroxylation is 1. The molecule has 1 aliphatic heterocycles. The average Bonchev–Trinajstić information content (AvgIpc) is 3.38. The highest BCUT2D eigenvalue weighted by Gasteiger charge is 2.78. The number of alkyl halides is 1. The molecule has 0 aromatic heterocycles. The molecule has 1 aromatic carbocycles. The van der Waals surface area contributed by atoms with Gasteiger partial charge in [-0.1, -0.05) is 50.3 Å². The van der Waals surface area contributed by atoms with Gasteiger partial charge in [-0.15, -0.1) is 0 Å². The van der Waals surface area contributed by atoms with Gasteiger partial charge in [0.15, 0.2) is 17.2 Å². The molecular formula is C31H39FN2O5. The van der Waals surface area contributed by atoms with Gasteiger partial charge in [0.1, 0.15) is 12.8 Å². The summed E-state index contributed by atoms with van der Waals surface area (Å²) in [5.41, 5.74) is 4.58. The Morgan fingerprint density at radius 3 is 2.69 bits per heavy atom. The summed E-state index contributed by atoms with van der Waals surface area (Å²) in [7, 11) is 0. The number of carbonyl (C=O) groups excluding carboxylic acids is 2. The van der Waals surface area contributed by atoms with E-state index in [4.69, 9.17) is 10.6 Å². The number of hydroxylamine groups is 2. The fourth-order valence-corrected chi connectivity index (χ4v) is 9.56. The van der Waals surface area contributed by atoms with Crippen LogP contribution in [0.4, 0.5) is 4.39 Å². The molecule has 0 radical (unpaired) electrons. The molecule has 0 amide bonds. The molecule has 1 aromatic rings. The van der Waals surface area contributed by atoms with Gasteiger partial charge in [-0.3, -0.25) is 14.4 Å². The van der Waals surface area contributed by atoms with Crippen LogP contribution in [0.2, 0.25) is 0 Å². The first kappa shape index (κ1) is 27.0. The average molecular weight is 539 g/mol. The Morgan fingerprint density at radius 2 is 1.97 bits per heavy atom. The van der Waals surface area contributed by atoms with Crippen molar-refractivity contribution >= 4 is 11.6 Å². The third-order valence-corrected chi connectivity index (χ3v) is 11.0. The third kappa shape index (κ3) is 3.65. The van der Waals surface area contributed by atoms with E-state index in [1.54, 1.807) is 6.08 Å². The Morgan fingerprint density at radius 1 is 1.23 bits per heavy atom. The smallest absolute Gasteiger partial charge is 0.192 e. The summed E-state index contributed by atoms with van der Waals surface area (Å²) in [4.78, 5) is 32.3. The highest BCUT2D eigenvalue weighted by atomic mass is 19.1. The fourth-order valence-electron chi connectivity index (χ4n) is 9.56. The van der Waals surface area contributed by atoms with Crippen molar-refractivity contribution in [3.63, 3.8) is 0 Å². The number of nitrogens with two attached hydrogens (primary N) is 1. The molecule has 0 spiro atoms. The number of allylic oxidation sites excluding steroid dienone is 4. The first-order chi connectivity index (χ1) is 18.5. The molecule has 210 valence electrons. The summed E-state index contributed by atoms with van der Waals surface area (Å²) < 4.78 is 15.9. The zero-order valence-electron chi connectivity index (χ0n) is 22.7. The Kier molecular flexibility index (Phi) is 6.32. The van der Waals surface area contributed by atoms with Crippen LogP contribution in [0, 0.1) is 28.6 Å². The van der Waals surface area contributed by atoms with Gasteiger partial charge in [0.05, 0.1) is 6.10 Å². The van der Waals surface area contributed by atoms with Gasteiger partial charge in [0.2, 0.25) is 0 Å². The van der Waals surface area contributed by atoms with Crippen molar-refractivity contribution in [3.8, 4) is 0 Å². The van der Waals surface area contributed by atoms with Crippen LogP contribution in [0.3, 0.4) is 0 Å². The quantitative estimate of drug-likeness (QED) is 0.511. The number of hydrogen-bond acceptors (Lipinski definition) is 7. The second-order valence-corrected chi connectivity index (χ2v) is 12.9. The first-order valence-corrected chi connectivity index (χ1v) is 14.2. The minimum atomic E-state index is -1.43. The topological polar surface area (TPSA) is 113 Å². The van der Waals surface area contributed by atoms with E-state index in [1.165, 1.54) is 17.7 Å². The molecule has 5 aliphatic rings. The second kappa shape index (κ2) is 9.14. The lowest BCUT2D eigenvalue weighted by molar-refractivity contribution is -0.254. The summed E-state index contributed by atoms with van der Waals surface area (Å²) >= 11 is 0. The van der Waals surface area contributed by atoms with Crippen LogP contribution < -0.4 is 5.73 Å². The van der Waals surface area contributed by atoms with Crippen LogP contribution in [0.5, 0.6) is 0 Å². The normalized spacial score (nSPS) is 44.8. The molecule has 8 heteroatoms. The molecule has 4 aliphatic carbocycles. The Hall–Kier alpha value is -2.23. The summed E-state index contributed by atoms with van der Waals surface area (Å²) in [6, 6.07) is 10.2. The van der Waals surface area contributed by atoms with Gasteiger partial charge in [0.25, 0.3) is 0 Å². The molecule has 0 bridgehead atoms. The summed E-state index contributed by atoms with van der Waals surface area (Å²) in [6.45, 7) is 4.27. The number of carbonyl (C=O) groups is 2. The van der Waals surface area contributed by atoms with E-state index in [1.807, 2.05) is 37.1 Å². The monoisotopic (exact) mass is 538 g/mol. The number of halogens is 1. The predicted octanol–water partition coefficient (Wildman–Crippen LogP) is 2.70. The van der Waals surface area contributed by atoms with Gasteiger partial charge in [0, 0.05) is 47.7 Å². The molecule has 4 N–H and O–H groups in total. The van der Waals surface area contributed by atoms with Crippen molar-refractivity contribution in [1.82, 2.24) is 5.06 Å². The minimum absolute atomic E-state index is 0.0333. The second-order valence-electron chi connectivity index (χ2n) is 12.9. The van der Waals surface area contributed by atoms with Crippen molar-refractivity contribution in [2.75, 3.05) is 19.7 Å². The van der Waals surface area contributed by atoms with E-state index in [-0.39, 0.29) is 30.5 Å². The van der Waals surface area contributed by atoms with E-state index < -0.39 is 52.6 Å². The molecule has 1 heterocycles. The predicted molar refractivity (Wildman–Crippen MR) is 143 cm³/mol. The van der Waals surface area contributed by atoms with Gasteiger partial charge >= 0.3 is 0 Å². The number of hydrogen-bond donors (Lipinski definition) is 3. The van der Waals surface area contributed by atoms with E-state index >= 15 is 4.39 Å². The van der Waals surface area contributed by atoms with Crippen LogP contribution in [0.15, 0.2) is 54.1 Å². The molecule has 9 atom stereocenters. The van der Waals surface area contributed by atoms with Crippen molar-refractivity contribution in [1.29, 1.82) is 0 Å². The van der Waals surface area contributed by atoms with Gasteiger partial charge in [-0.2, -0.15) is 5.06 Å². The van der Waals surface area contributed by atoms with Crippen LogP contribution in [-0.2, 0) is 20.8 Å². The number of aliphatic hydroxyl groups excluding tert-OH is 2. The summed E-state index contributed by atoms with van der Waals surface area (Å²) in [6.07, 6.45) is 4.60. The van der Waals surface area contributed by atoms with Crippen molar-refractivity contribution in [2.45, 2.75) is 69.4 Å². The molecule has 3 saturated carbocycles. The van der Waals surface area contributed by atoms with E-state index in [0.29, 0.717) is 25.1 Å². The largest absolute Gasteiger partial charge is 0.393 e. The molecular weight excluding hydrogens is 499 g/mol. The van der Waals surface area contributed by atoms with E-state index in [2.05, 4.69) is 12.1 Å². The first-order valence-electron chi connectivity index (χ1n) is 14.2. The Balaban J connectivity index is 1.32. The Labute approximate surface area is 228 Å². The van der Waals surface area contributed by atoms with Crippen LogP contribution in [0.1, 0.15) is 45.1 Å². The Bertz CT molecular complexity index is 1240. The van der Waals surface area contributed by atoms with Crippen molar-refractivity contribution in [3.05, 3.63) is 59.7 Å². The van der Waals surface area contributed by atoms with Crippen molar-refractivity contribution in [2.24, 2.45) is 34.3 Å². The number of fused-ring (bicyclic) bond motifs is 7. The molecule has 6 rings (SSSR count). The lowest BCUT2D eigenvalue weighted by atomic mass is 9.43. The third-order valence-electron chi connectivity index (χ3n) is 11.0. The zero-order chi connectivity index (χ0) is 27.8. The zero-order valence-corrected chi connectivity index (χ0v) is 22.7. The summed E-state index contributed by atoms with van der Waals surface area (Å²) in [5, 5.41) is 23.7. The van der Waals surface area contributed by atoms with Crippen LogP contribution >= 0.6 is 0 Å². The van der Waals surface area contributed by atoms with Gasteiger partial charge < -0.3 is 15.9 Å². The maximum atomic E-state index is 15.9. The summed E-state index contributed by atoms with van der Waals surface area (Å²) in [5.74, 6) is -1.73. The maximum absolute atomic E-state index is 15.9. The highest BCUT2D eigenvalue weighted by Crippen LogP contribution is 2.71. The maximum Gasteiger partial charge on any atom is 0.192 e. The molecule has 1 saturated heterocycles. The number of benzene rings is 1. The lowest BCUT2D eigenvalue weighted by Crippen LogP contribution is -2.74. The lowest BCUT2D eigenvalue weighted by Gasteiger charge is -2.65. The van der Waals surface area contributed by atoms with E-state index in [9.17, 15) is 19.8 Å².